The molecule has 0 radical (unpaired) electrons. The summed E-state index contributed by atoms with van der Waals surface area (Å²) in [5, 5.41) is 0. The minimum atomic E-state index is -0.0199. The summed E-state index contributed by atoms with van der Waals surface area (Å²) in [4.78, 5) is 36.4. The topological polar surface area (TPSA) is 115 Å². The number of hydrogen-bond donors (Lipinski definition) is 0. The highest BCUT2D eigenvalue weighted by Crippen LogP contribution is 2.27. The van der Waals surface area contributed by atoms with Gasteiger partial charge in [-0.1, -0.05) is 125 Å². The first-order valence-electron chi connectivity index (χ1n) is 42.2. The smallest absolute Gasteiger partial charge is 0.310 e. The monoisotopic (exact) mass is 1460 g/mol. The highest BCUT2D eigenvalue weighted by molar-refractivity contribution is 5.73. The van der Waals surface area contributed by atoms with Gasteiger partial charge in [0.15, 0.2) is 0 Å². The Morgan fingerprint density at radius 1 is 0.311 bits per heavy atom. The number of carbonyl (C=O) groups excluding carboxylic acids is 2. The summed E-state index contributed by atoms with van der Waals surface area (Å²) in [6.07, 6.45) is 29.0. The van der Waals surface area contributed by atoms with E-state index in [0.717, 1.165) is 207 Å². The van der Waals surface area contributed by atoms with Crippen molar-refractivity contribution in [3.8, 4) is 28.7 Å². The van der Waals surface area contributed by atoms with Crippen LogP contribution in [-0.2, 0) is 19.1 Å². The molecule has 14 heteroatoms. The number of benzene rings is 5. The Labute approximate surface area is 644 Å². The first-order chi connectivity index (χ1) is 51.8. The maximum Gasteiger partial charge on any atom is 0.310 e. The second kappa shape index (κ2) is 56.1. The fourth-order valence-electron chi connectivity index (χ4n) is 15.8. The number of hydrogen-bond acceptors (Lipinski definition) is 14. The van der Waals surface area contributed by atoms with Crippen molar-refractivity contribution in [2.45, 2.75) is 222 Å². The van der Waals surface area contributed by atoms with Gasteiger partial charge < -0.3 is 52.8 Å². The van der Waals surface area contributed by atoms with Crippen molar-refractivity contribution in [2.24, 2.45) is 35.5 Å². The Morgan fingerprint density at radius 3 is 0.943 bits per heavy atom. The molecule has 10 rings (SSSR count). The highest BCUT2D eigenvalue weighted by Gasteiger charge is 2.29. The number of nitrogens with zero attached hydrogens (tertiary/aromatic N) is 5. The number of carbonyl (C=O) groups is 2. The number of rotatable bonds is 39. The molecule has 5 heterocycles. The molecular weight excluding hydrogens is 1320 g/mol. The summed E-state index contributed by atoms with van der Waals surface area (Å²) in [6, 6.07) is 51.8. The fraction of sp³-hybridized carbons (Fsp3) is 0.652. The zero-order valence-corrected chi connectivity index (χ0v) is 67.6. The molecule has 5 aliphatic heterocycles. The summed E-state index contributed by atoms with van der Waals surface area (Å²) < 4.78 is 38.8. The van der Waals surface area contributed by atoms with Crippen LogP contribution in [0.3, 0.4) is 0 Å². The van der Waals surface area contributed by atoms with Crippen LogP contribution in [0.5, 0.6) is 28.7 Å². The highest BCUT2D eigenvalue weighted by atomic mass is 16.5. The summed E-state index contributed by atoms with van der Waals surface area (Å²) in [6.45, 7) is 38.3. The third-order valence-corrected chi connectivity index (χ3v) is 21.2. The molecule has 1 unspecified atom stereocenters. The number of ether oxygens (including phenoxy) is 7. The predicted molar refractivity (Wildman–Crippen MR) is 439 cm³/mol. The molecule has 14 nitrogen and oxygen atoms in total. The fourth-order valence-corrected chi connectivity index (χ4v) is 15.8. The second-order valence-electron chi connectivity index (χ2n) is 31.1. The van der Waals surface area contributed by atoms with Gasteiger partial charge in [0.05, 0.1) is 58.1 Å². The molecule has 5 saturated heterocycles. The van der Waals surface area contributed by atoms with E-state index >= 15 is 0 Å². The Balaban J connectivity index is 0.000000208. The predicted octanol–water partition coefficient (Wildman–Crippen LogP) is 19.9. The van der Waals surface area contributed by atoms with E-state index in [2.05, 4.69) is 66.0 Å². The van der Waals surface area contributed by atoms with E-state index < -0.39 is 0 Å². The van der Waals surface area contributed by atoms with Crippen LogP contribution >= 0.6 is 0 Å². The normalized spacial score (nSPS) is 21.0. The van der Waals surface area contributed by atoms with E-state index in [1.807, 2.05) is 166 Å². The third kappa shape index (κ3) is 40.3. The molecule has 5 aromatic carbocycles. The van der Waals surface area contributed by atoms with Crippen LogP contribution in [0, 0.1) is 35.5 Å². The van der Waals surface area contributed by atoms with Gasteiger partial charge in [0.25, 0.3) is 0 Å². The van der Waals surface area contributed by atoms with Crippen LogP contribution in [0.25, 0.3) is 0 Å². The Hall–Kier alpha value is -6.16. The molecule has 5 aliphatic rings. The van der Waals surface area contributed by atoms with Crippen LogP contribution in [0.15, 0.2) is 152 Å². The minimum Gasteiger partial charge on any atom is -0.494 e. The van der Waals surface area contributed by atoms with Gasteiger partial charge in [-0.25, -0.2) is 0 Å². The van der Waals surface area contributed by atoms with Crippen LogP contribution in [0.1, 0.15) is 209 Å². The van der Waals surface area contributed by atoms with Gasteiger partial charge in [-0.3, -0.25) is 14.5 Å². The molecule has 0 aliphatic carbocycles. The zero-order valence-electron chi connectivity index (χ0n) is 67.6. The SMILES string of the molecule is CCOC(=O)C1CCCN(CCCCCOc2ccccc2)C1.CCOC(=O)C1CCN(CCCCCOc2ccccc2)CC1.C[C@@H]1CCC[C@H](C)N1CCCCCOc1ccccc1.C[C@@H]1C[C@H](C)CN(CCCCCOc2ccccc2)C1.C[C@H]1C[C@H](C)CN(CCCCCOc2ccccc2)C1. The van der Waals surface area contributed by atoms with Gasteiger partial charge in [-0.2, -0.15) is 0 Å². The van der Waals surface area contributed by atoms with E-state index in [1.165, 1.54) is 129 Å². The van der Waals surface area contributed by atoms with E-state index in [-0.39, 0.29) is 23.8 Å². The average Bonchev–Trinajstić information content (AvgIpc) is 0.937. The van der Waals surface area contributed by atoms with Crippen molar-refractivity contribution in [1.29, 1.82) is 0 Å². The first-order valence-corrected chi connectivity index (χ1v) is 42.2. The van der Waals surface area contributed by atoms with Crippen molar-refractivity contribution in [1.82, 2.24) is 24.5 Å². The second-order valence-corrected chi connectivity index (χ2v) is 31.1. The van der Waals surface area contributed by atoms with Crippen molar-refractivity contribution in [3.63, 3.8) is 0 Å². The molecule has 0 bridgehead atoms. The largest absolute Gasteiger partial charge is 0.494 e. The molecule has 592 valence electrons. The zero-order chi connectivity index (χ0) is 75.3. The van der Waals surface area contributed by atoms with Gasteiger partial charge in [-0.05, 0) is 312 Å². The van der Waals surface area contributed by atoms with Crippen molar-refractivity contribution < 1.29 is 42.7 Å². The third-order valence-electron chi connectivity index (χ3n) is 21.2. The van der Waals surface area contributed by atoms with E-state index in [4.69, 9.17) is 33.2 Å². The lowest BCUT2D eigenvalue weighted by Gasteiger charge is -2.39. The Morgan fingerprint density at radius 2 is 0.613 bits per heavy atom. The van der Waals surface area contributed by atoms with Crippen molar-refractivity contribution >= 4 is 11.9 Å². The number of unbranched alkanes of at least 4 members (excludes halogenated alkanes) is 10. The van der Waals surface area contributed by atoms with Crippen molar-refractivity contribution in [3.05, 3.63) is 152 Å². The molecule has 0 aromatic heterocycles. The standard InChI is InChI=1S/2C19H29NO3.3C18H29NO/c1-2-22-19(21)17-10-9-14-20(16-17)13-7-4-8-15-23-18-11-5-3-6-12-18;1-2-22-19(21)17-11-14-20(15-12-17)13-7-4-8-16-23-18-9-5-3-6-10-18;1-16-10-9-11-17(2)19(16)14-7-4-8-15-20-18-12-5-3-6-13-18;2*1-16-13-17(2)15-19(14-16)11-7-4-8-12-20-18-9-5-3-6-10-18/h3,5-6,11-12,17H,2,4,7-10,13-16H2,1H3;3,5-6,9-10,17H,2,4,7-8,11-16H2,1H3;3,5-6,12-13,16-17H,4,7-11,14-15H2,1-2H3;2*3,5-6,9-10,16-17H,4,7-8,11-15H2,1-2H3/t;;2*16-,17+;16-,17-/m....0/s1. The molecule has 5 fully saturated rings. The summed E-state index contributed by atoms with van der Waals surface area (Å²) in [7, 11) is 0. The molecule has 0 spiro atoms. The minimum absolute atomic E-state index is 0.00906. The van der Waals surface area contributed by atoms with Gasteiger partial charge >= 0.3 is 11.9 Å². The van der Waals surface area contributed by atoms with E-state index in [9.17, 15) is 9.59 Å². The lowest BCUT2D eigenvalue weighted by Crippen LogP contribution is -2.44. The lowest BCUT2D eigenvalue weighted by molar-refractivity contribution is -0.150. The molecule has 0 amide bonds. The van der Waals surface area contributed by atoms with Gasteiger partial charge in [0, 0.05) is 44.8 Å². The van der Waals surface area contributed by atoms with Gasteiger partial charge in [0.1, 0.15) is 28.7 Å². The Kier molecular flexibility index (Phi) is 47.0. The maximum absolute atomic E-state index is 11.8. The molecule has 0 N–H and O–H groups in total. The Bertz CT molecular complexity index is 2790. The van der Waals surface area contributed by atoms with Crippen LogP contribution in [0.4, 0.5) is 0 Å². The van der Waals surface area contributed by atoms with Gasteiger partial charge in [0.2, 0.25) is 0 Å². The van der Waals surface area contributed by atoms with Crippen LogP contribution in [-0.4, -0.2) is 180 Å². The first kappa shape index (κ1) is 88.7. The molecular formula is C92H145N5O9. The summed E-state index contributed by atoms with van der Waals surface area (Å²) in [5.41, 5.74) is 0. The summed E-state index contributed by atoms with van der Waals surface area (Å²) in [5.74, 6) is 8.53. The number of esters is 2. The lowest BCUT2D eigenvalue weighted by atomic mass is 9.92. The molecule has 0 saturated carbocycles. The van der Waals surface area contributed by atoms with Gasteiger partial charge in [-0.15, -0.1) is 0 Å². The quantitative estimate of drug-likeness (QED) is 0.0275. The van der Waals surface area contributed by atoms with Crippen molar-refractivity contribution in [2.75, 3.05) is 131 Å². The molecule has 106 heavy (non-hydrogen) atoms. The van der Waals surface area contributed by atoms with Crippen LogP contribution < -0.4 is 23.7 Å². The molecule has 7 atom stereocenters. The number of para-hydroxylation sites is 5. The number of piperidine rings is 5. The maximum atomic E-state index is 11.8. The molecule has 5 aromatic rings. The van der Waals surface area contributed by atoms with E-state index in [0.29, 0.717) is 13.2 Å². The summed E-state index contributed by atoms with van der Waals surface area (Å²) >= 11 is 0. The average molecular weight is 1470 g/mol. The van der Waals surface area contributed by atoms with Crippen LogP contribution in [0.2, 0.25) is 0 Å². The number of likely N-dealkylation sites (tertiary alicyclic amines) is 5. The van der Waals surface area contributed by atoms with E-state index in [1.54, 1.807) is 0 Å².